The minimum atomic E-state index is 0.0853. The number of nitrogens with zero attached hydrogens (tertiary/aromatic N) is 2. The molecule has 0 fully saturated rings. The number of rotatable bonds is 2. The van der Waals surface area contributed by atoms with Crippen LogP contribution in [0.4, 0.5) is 0 Å². The first-order valence-electron chi connectivity index (χ1n) is 5.72. The van der Waals surface area contributed by atoms with Gasteiger partial charge in [0.15, 0.2) is 0 Å². The molecule has 0 saturated carbocycles. The summed E-state index contributed by atoms with van der Waals surface area (Å²) in [5, 5.41) is 9.74. The van der Waals surface area contributed by atoms with Crippen molar-refractivity contribution in [3.63, 3.8) is 0 Å². The van der Waals surface area contributed by atoms with Gasteiger partial charge in [0.1, 0.15) is 5.82 Å². The normalized spacial score (nSPS) is 11.1. The average molecular weight is 231 g/mol. The van der Waals surface area contributed by atoms with Crippen LogP contribution < -0.4 is 0 Å². The maximum absolute atomic E-state index is 9.74. The van der Waals surface area contributed by atoms with Crippen molar-refractivity contribution in [3.8, 4) is 17.3 Å². The van der Waals surface area contributed by atoms with Crippen LogP contribution in [-0.2, 0) is 0 Å². The van der Waals surface area contributed by atoms with Crippen molar-refractivity contribution in [3.05, 3.63) is 29.2 Å². The van der Waals surface area contributed by atoms with Crippen LogP contribution in [0.1, 0.15) is 36.8 Å². The van der Waals surface area contributed by atoms with Crippen LogP contribution >= 0.6 is 0 Å². The Morgan fingerprint density at radius 3 is 2.18 bits per heavy atom. The third-order valence-electron chi connectivity index (χ3n) is 2.64. The van der Waals surface area contributed by atoms with Crippen molar-refractivity contribution in [2.75, 3.05) is 0 Å². The molecule has 0 atom stereocenters. The Bertz CT molecular complexity index is 523. The van der Waals surface area contributed by atoms with Crippen LogP contribution in [0, 0.1) is 13.8 Å². The van der Waals surface area contributed by atoms with E-state index >= 15 is 0 Å². The summed E-state index contributed by atoms with van der Waals surface area (Å²) < 4.78 is 0. The topological polar surface area (TPSA) is 61.8 Å². The predicted molar refractivity (Wildman–Crippen MR) is 67.0 cm³/mol. The Morgan fingerprint density at radius 2 is 1.71 bits per heavy atom. The van der Waals surface area contributed by atoms with Gasteiger partial charge in [0, 0.05) is 17.0 Å². The van der Waals surface area contributed by atoms with E-state index in [0.29, 0.717) is 5.82 Å². The van der Waals surface area contributed by atoms with E-state index in [1.807, 2.05) is 39.8 Å². The Kier molecular flexibility index (Phi) is 2.88. The first kappa shape index (κ1) is 11.6. The molecule has 0 spiro atoms. The highest BCUT2D eigenvalue weighted by Gasteiger charge is 2.13. The number of aromatic nitrogens is 3. The van der Waals surface area contributed by atoms with E-state index in [1.165, 1.54) is 0 Å². The zero-order chi connectivity index (χ0) is 12.6. The summed E-state index contributed by atoms with van der Waals surface area (Å²) in [4.78, 5) is 11.6. The lowest BCUT2D eigenvalue weighted by Gasteiger charge is -2.02. The molecule has 0 aliphatic rings. The molecule has 0 aliphatic heterocycles. The van der Waals surface area contributed by atoms with Crippen LogP contribution in [0.2, 0.25) is 0 Å². The molecule has 2 rings (SSSR count). The molecule has 2 aromatic heterocycles. The number of aromatic hydroxyl groups is 1. The van der Waals surface area contributed by atoms with Gasteiger partial charge in [0.05, 0.1) is 5.69 Å². The molecule has 0 unspecified atom stereocenters. The van der Waals surface area contributed by atoms with Crippen molar-refractivity contribution in [2.45, 2.75) is 33.6 Å². The number of imidazole rings is 1. The molecule has 0 radical (unpaired) electrons. The third-order valence-corrected chi connectivity index (χ3v) is 2.64. The molecule has 0 aliphatic carbocycles. The van der Waals surface area contributed by atoms with Crippen molar-refractivity contribution < 1.29 is 5.11 Å². The summed E-state index contributed by atoms with van der Waals surface area (Å²) >= 11 is 0. The van der Waals surface area contributed by atoms with Gasteiger partial charge >= 0.3 is 0 Å². The standard InChI is InChI=1S/C13H17N3O/c1-7(2)11-13(17)16-12(15-11)10-5-8(3)14-9(4)6-10/h5-7,17H,1-4H3,(H,15,16). The summed E-state index contributed by atoms with van der Waals surface area (Å²) in [6.45, 7) is 7.92. The molecule has 2 aromatic rings. The Hall–Kier alpha value is -1.84. The van der Waals surface area contributed by atoms with Crippen LogP contribution in [-0.4, -0.2) is 20.1 Å². The summed E-state index contributed by atoms with van der Waals surface area (Å²) in [5.74, 6) is 1.00. The van der Waals surface area contributed by atoms with Crippen LogP contribution in [0.5, 0.6) is 5.88 Å². The molecule has 0 aromatic carbocycles. The summed E-state index contributed by atoms with van der Waals surface area (Å²) in [7, 11) is 0. The SMILES string of the molecule is Cc1cc(-c2nc(O)c(C(C)C)[nH]2)cc(C)n1. The van der Waals surface area contributed by atoms with Gasteiger partial charge < -0.3 is 10.1 Å². The number of H-pyrrole nitrogens is 1. The highest BCUT2D eigenvalue weighted by molar-refractivity contribution is 5.57. The molecule has 90 valence electrons. The zero-order valence-electron chi connectivity index (χ0n) is 10.6. The molecule has 0 bridgehead atoms. The molecule has 2 heterocycles. The van der Waals surface area contributed by atoms with Gasteiger partial charge in [-0.05, 0) is 31.9 Å². The fourth-order valence-electron chi connectivity index (χ4n) is 1.89. The van der Waals surface area contributed by atoms with Crippen molar-refractivity contribution in [2.24, 2.45) is 0 Å². The van der Waals surface area contributed by atoms with E-state index in [4.69, 9.17) is 0 Å². The Labute approximate surface area is 101 Å². The largest absolute Gasteiger partial charge is 0.492 e. The van der Waals surface area contributed by atoms with Crippen LogP contribution in [0.15, 0.2) is 12.1 Å². The number of hydrogen-bond donors (Lipinski definition) is 2. The minimum absolute atomic E-state index is 0.0853. The zero-order valence-corrected chi connectivity index (χ0v) is 10.6. The van der Waals surface area contributed by atoms with E-state index < -0.39 is 0 Å². The summed E-state index contributed by atoms with van der Waals surface area (Å²) in [5.41, 5.74) is 3.62. The molecule has 2 N–H and O–H groups in total. The first-order chi connectivity index (χ1) is 7.97. The lowest BCUT2D eigenvalue weighted by atomic mass is 10.1. The third kappa shape index (κ3) is 2.30. The second-order valence-electron chi connectivity index (χ2n) is 4.62. The first-order valence-corrected chi connectivity index (χ1v) is 5.72. The smallest absolute Gasteiger partial charge is 0.233 e. The summed E-state index contributed by atoms with van der Waals surface area (Å²) in [6.07, 6.45) is 0. The molecule has 17 heavy (non-hydrogen) atoms. The molecule has 4 nitrogen and oxygen atoms in total. The van der Waals surface area contributed by atoms with E-state index in [2.05, 4.69) is 15.0 Å². The maximum Gasteiger partial charge on any atom is 0.233 e. The van der Waals surface area contributed by atoms with E-state index in [1.54, 1.807) is 0 Å². The van der Waals surface area contributed by atoms with Gasteiger partial charge in [-0.25, -0.2) is 0 Å². The fourth-order valence-corrected chi connectivity index (χ4v) is 1.89. The van der Waals surface area contributed by atoms with Gasteiger partial charge in [0.25, 0.3) is 0 Å². The quantitative estimate of drug-likeness (QED) is 0.835. The lowest BCUT2D eigenvalue weighted by molar-refractivity contribution is 0.446. The maximum atomic E-state index is 9.74. The monoisotopic (exact) mass is 231 g/mol. The number of hydrogen-bond acceptors (Lipinski definition) is 3. The number of pyridine rings is 1. The van der Waals surface area contributed by atoms with E-state index in [0.717, 1.165) is 22.6 Å². The van der Waals surface area contributed by atoms with Crippen molar-refractivity contribution in [1.29, 1.82) is 0 Å². The number of nitrogens with one attached hydrogen (secondary N) is 1. The highest BCUT2D eigenvalue weighted by Crippen LogP contribution is 2.27. The van der Waals surface area contributed by atoms with Gasteiger partial charge in [-0.2, -0.15) is 4.98 Å². The van der Waals surface area contributed by atoms with E-state index in [-0.39, 0.29) is 11.8 Å². The fraction of sp³-hybridized carbons (Fsp3) is 0.385. The number of aryl methyl sites for hydroxylation is 2. The predicted octanol–water partition coefficient (Wildman–Crippen LogP) is 2.92. The Balaban J connectivity index is 2.49. The molecule has 4 heteroatoms. The molecule has 0 saturated heterocycles. The van der Waals surface area contributed by atoms with Crippen LogP contribution in [0.3, 0.4) is 0 Å². The molecular weight excluding hydrogens is 214 g/mol. The summed E-state index contributed by atoms with van der Waals surface area (Å²) in [6, 6.07) is 3.91. The van der Waals surface area contributed by atoms with Crippen molar-refractivity contribution >= 4 is 0 Å². The molecule has 0 amide bonds. The van der Waals surface area contributed by atoms with Gasteiger partial charge in [-0.3, -0.25) is 4.98 Å². The van der Waals surface area contributed by atoms with E-state index in [9.17, 15) is 5.11 Å². The lowest BCUT2D eigenvalue weighted by Crippen LogP contribution is -1.90. The minimum Gasteiger partial charge on any atom is -0.492 e. The average Bonchev–Trinajstić information content (AvgIpc) is 2.59. The van der Waals surface area contributed by atoms with Gasteiger partial charge in [-0.1, -0.05) is 13.8 Å². The van der Waals surface area contributed by atoms with Gasteiger partial charge in [0.2, 0.25) is 5.88 Å². The molecular formula is C13H17N3O. The highest BCUT2D eigenvalue weighted by atomic mass is 16.3. The van der Waals surface area contributed by atoms with Crippen LogP contribution in [0.25, 0.3) is 11.4 Å². The Morgan fingerprint density at radius 1 is 1.12 bits per heavy atom. The van der Waals surface area contributed by atoms with Crippen molar-refractivity contribution in [1.82, 2.24) is 15.0 Å². The number of aromatic amines is 1. The second-order valence-corrected chi connectivity index (χ2v) is 4.62. The van der Waals surface area contributed by atoms with Gasteiger partial charge in [-0.15, -0.1) is 0 Å². The second kappa shape index (κ2) is 4.20.